The van der Waals surface area contributed by atoms with Gasteiger partial charge in [0, 0.05) is 29.6 Å². The quantitative estimate of drug-likeness (QED) is 0.909. The average molecular weight is 306 g/mol. The van der Waals surface area contributed by atoms with Crippen LogP contribution >= 0.6 is 0 Å². The molecule has 1 aliphatic rings. The Morgan fingerprint density at radius 2 is 2.23 bits per heavy atom. The van der Waals surface area contributed by atoms with E-state index in [0.29, 0.717) is 34.7 Å². The van der Waals surface area contributed by atoms with Crippen LogP contribution in [-0.4, -0.2) is 22.2 Å². The monoisotopic (exact) mass is 306 g/mol. The Morgan fingerprint density at radius 3 is 2.86 bits per heavy atom. The Balaban J connectivity index is 1.87. The van der Waals surface area contributed by atoms with E-state index in [9.17, 15) is 9.50 Å². The van der Waals surface area contributed by atoms with Crippen LogP contribution in [0.3, 0.4) is 0 Å². The van der Waals surface area contributed by atoms with Crippen LogP contribution in [0.5, 0.6) is 0 Å². The molecule has 1 saturated carbocycles. The van der Waals surface area contributed by atoms with Gasteiger partial charge in [-0.05, 0) is 32.3 Å². The highest BCUT2D eigenvalue weighted by Gasteiger charge is 2.25. The molecular formula is C17H23FN2O2. The maximum Gasteiger partial charge on any atom is 0.198 e. The number of halogens is 1. The lowest BCUT2D eigenvalue weighted by Crippen LogP contribution is -2.35. The molecule has 0 radical (unpaired) electrons. The first-order valence-electron chi connectivity index (χ1n) is 7.97. The van der Waals surface area contributed by atoms with Crippen LogP contribution in [-0.2, 0) is 6.54 Å². The molecule has 2 atom stereocenters. The van der Waals surface area contributed by atoms with E-state index in [2.05, 4.69) is 10.3 Å². The zero-order chi connectivity index (χ0) is 15.9. The molecule has 3 rings (SSSR count). The number of benzene rings is 1. The van der Waals surface area contributed by atoms with E-state index in [1.54, 1.807) is 13.0 Å². The summed E-state index contributed by atoms with van der Waals surface area (Å²) in [6, 6.07) is 1.81. The molecule has 0 aliphatic heterocycles. The molecule has 1 heterocycles. The zero-order valence-electron chi connectivity index (χ0n) is 13.3. The number of hydrogen-bond acceptors (Lipinski definition) is 4. The third-order valence-corrected chi connectivity index (χ3v) is 4.46. The van der Waals surface area contributed by atoms with Crippen molar-refractivity contribution in [1.29, 1.82) is 0 Å². The van der Waals surface area contributed by atoms with Crippen LogP contribution in [0, 0.1) is 12.7 Å². The van der Waals surface area contributed by atoms with Gasteiger partial charge in [0.05, 0.1) is 6.10 Å². The fraction of sp³-hybridized carbons (Fsp3) is 0.588. The van der Waals surface area contributed by atoms with Gasteiger partial charge in [-0.15, -0.1) is 0 Å². The van der Waals surface area contributed by atoms with Gasteiger partial charge in [-0.1, -0.05) is 13.8 Å². The van der Waals surface area contributed by atoms with Crippen LogP contribution in [0.15, 0.2) is 10.5 Å². The minimum absolute atomic E-state index is 0.0546. The lowest BCUT2D eigenvalue weighted by molar-refractivity contribution is 0.148. The number of aromatic nitrogens is 1. The third kappa shape index (κ3) is 2.75. The molecule has 0 bridgehead atoms. The van der Waals surface area contributed by atoms with Crippen molar-refractivity contribution in [3.8, 4) is 0 Å². The number of hydrogen-bond donors (Lipinski definition) is 2. The van der Waals surface area contributed by atoms with E-state index in [4.69, 9.17) is 4.42 Å². The van der Waals surface area contributed by atoms with Gasteiger partial charge in [0.25, 0.3) is 0 Å². The molecule has 2 aromatic rings. The molecule has 2 N–H and O–H groups in total. The highest BCUT2D eigenvalue weighted by molar-refractivity contribution is 5.77. The van der Waals surface area contributed by atoms with Crippen LogP contribution < -0.4 is 5.32 Å². The normalized spacial score (nSPS) is 22.1. The molecule has 4 nitrogen and oxygen atoms in total. The minimum Gasteiger partial charge on any atom is -0.440 e. The number of oxazole rings is 1. The summed E-state index contributed by atoms with van der Waals surface area (Å²) in [5, 5.41) is 13.1. The molecule has 22 heavy (non-hydrogen) atoms. The lowest BCUT2D eigenvalue weighted by atomic mass is 10.1. The summed E-state index contributed by atoms with van der Waals surface area (Å²) < 4.78 is 20.2. The Labute approximate surface area is 129 Å². The van der Waals surface area contributed by atoms with Crippen molar-refractivity contribution in [2.45, 2.75) is 64.6 Å². The summed E-state index contributed by atoms with van der Waals surface area (Å²) in [7, 11) is 0. The zero-order valence-corrected chi connectivity index (χ0v) is 13.3. The van der Waals surface area contributed by atoms with Gasteiger partial charge in [0.1, 0.15) is 11.3 Å². The van der Waals surface area contributed by atoms with Gasteiger partial charge in [-0.2, -0.15) is 0 Å². The molecule has 120 valence electrons. The topological polar surface area (TPSA) is 58.3 Å². The van der Waals surface area contributed by atoms with Crippen molar-refractivity contribution in [3.63, 3.8) is 0 Å². The van der Waals surface area contributed by atoms with Gasteiger partial charge in [0.2, 0.25) is 0 Å². The largest absolute Gasteiger partial charge is 0.440 e. The van der Waals surface area contributed by atoms with E-state index in [1.807, 2.05) is 13.8 Å². The van der Waals surface area contributed by atoms with Crippen molar-refractivity contribution < 1.29 is 13.9 Å². The number of rotatable bonds is 4. The van der Waals surface area contributed by atoms with E-state index in [1.165, 1.54) is 0 Å². The molecule has 1 aromatic carbocycles. The number of nitrogens with one attached hydrogen (secondary N) is 1. The SMILES string of the molecule is Cc1c(F)c(CN[C@@H]2CCC[C@@H]2O)cc2nc(C(C)C)oc12. The summed E-state index contributed by atoms with van der Waals surface area (Å²) in [6.45, 7) is 6.12. The Morgan fingerprint density at radius 1 is 1.45 bits per heavy atom. The summed E-state index contributed by atoms with van der Waals surface area (Å²) in [4.78, 5) is 4.46. The molecular weight excluding hydrogens is 283 g/mol. The number of aliphatic hydroxyl groups is 1. The summed E-state index contributed by atoms with van der Waals surface area (Å²) in [5.41, 5.74) is 2.31. The van der Waals surface area contributed by atoms with Crippen LogP contribution in [0.4, 0.5) is 4.39 Å². The molecule has 0 unspecified atom stereocenters. The molecule has 5 heteroatoms. The highest BCUT2D eigenvalue weighted by atomic mass is 19.1. The second-order valence-electron chi connectivity index (χ2n) is 6.52. The predicted octanol–water partition coefficient (Wildman–Crippen LogP) is 3.40. The first-order valence-corrected chi connectivity index (χ1v) is 7.97. The van der Waals surface area contributed by atoms with Gasteiger partial charge >= 0.3 is 0 Å². The summed E-state index contributed by atoms with van der Waals surface area (Å²) in [6.07, 6.45) is 2.44. The van der Waals surface area contributed by atoms with E-state index in [0.717, 1.165) is 19.3 Å². The predicted molar refractivity (Wildman–Crippen MR) is 83.3 cm³/mol. The number of fused-ring (bicyclic) bond motifs is 1. The van der Waals surface area contributed by atoms with Crippen LogP contribution in [0.25, 0.3) is 11.1 Å². The average Bonchev–Trinajstić information content (AvgIpc) is 3.08. The molecule has 0 amide bonds. The standard InChI is InChI=1S/C17H23FN2O2/c1-9(2)17-20-13-7-11(15(18)10(3)16(13)22-17)8-19-12-5-4-6-14(12)21/h7,9,12,14,19,21H,4-6,8H2,1-3H3/t12-,14+/m1/s1. The molecule has 0 saturated heterocycles. The first kappa shape index (κ1) is 15.4. The summed E-state index contributed by atoms with van der Waals surface area (Å²) in [5.74, 6) is 0.554. The van der Waals surface area contributed by atoms with Gasteiger partial charge in [-0.25, -0.2) is 9.37 Å². The van der Waals surface area contributed by atoms with Gasteiger partial charge in [0.15, 0.2) is 11.5 Å². The van der Waals surface area contributed by atoms with Gasteiger partial charge in [-0.3, -0.25) is 0 Å². The minimum atomic E-state index is -0.326. The second kappa shape index (κ2) is 5.97. The number of aliphatic hydroxyl groups excluding tert-OH is 1. The van der Waals surface area contributed by atoms with E-state index < -0.39 is 0 Å². The van der Waals surface area contributed by atoms with Crippen molar-refractivity contribution in [1.82, 2.24) is 10.3 Å². The Bertz CT molecular complexity index is 681. The van der Waals surface area contributed by atoms with Crippen molar-refractivity contribution >= 4 is 11.1 Å². The fourth-order valence-corrected chi connectivity index (χ4v) is 3.08. The number of aryl methyl sites for hydroxylation is 1. The first-order chi connectivity index (χ1) is 10.5. The van der Waals surface area contributed by atoms with Crippen molar-refractivity contribution in [2.24, 2.45) is 0 Å². The third-order valence-electron chi connectivity index (χ3n) is 4.46. The molecule has 1 aliphatic carbocycles. The highest BCUT2D eigenvalue weighted by Crippen LogP contribution is 2.28. The molecule has 1 fully saturated rings. The molecule has 1 aromatic heterocycles. The van der Waals surface area contributed by atoms with Gasteiger partial charge < -0.3 is 14.8 Å². The maximum atomic E-state index is 14.5. The number of nitrogens with zero attached hydrogens (tertiary/aromatic N) is 1. The Hall–Kier alpha value is -1.46. The second-order valence-corrected chi connectivity index (χ2v) is 6.52. The molecule has 0 spiro atoms. The Kier molecular flexibility index (Phi) is 4.19. The maximum absolute atomic E-state index is 14.5. The van der Waals surface area contributed by atoms with E-state index in [-0.39, 0.29) is 23.9 Å². The van der Waals surface area contributed by atoms with Crippen LogP contribution in [0.2, 0.25) is 0 Å². The summed E-state index contributed by atoms with van der Waals surface area (Å²) >= 11 is 0. The van der Waals surface area contributed by atoms with E-state index >= 15 is 0 Å². The van der Waals surface area contributed by atoms with Crippen molar-refractivity contribution in [2.75, 3.05) is 0 Å². The lowest BCUT2D eigenvalue weighted by Gasteiger charge is -2.17. The van der Waals surface area contributed by atoms with Crippen molar-refractivity contribution in [3.05, 3.63) is 28.9 Å². The fourth-order valence-electron chi connectivity index (χ4n) is 3.08. The van der Waals surface area contributed by atoms with Crippen LogP contribution in [0.1, 0.15) is 56.0 Å². The smallest absolute Gasteiger partial charge is 0.198 e.